The van der Waals surface area contributed by atoms with E-state index in [0.29, 0.717) is 50.6 Å². The summed E-state index contributed by atoms with van der Waals surface area (Å²) in [5.74, 6) is 0.259. The number of benzene rings is 2. The summed E-state index contributed by atoms with van der Waals surface area (Å²) in [6, 6.07) is 12.0. The Morgan fingerprint density at radius 2 is 1.56 bits per heavy atom. The molecule has 0 N–H and O–H groups in total. The summed E-state index contributed by atoms with van der Waals surface area (Å²) in [5, 5.41) is 0. The van der Waals surface area contributed by atoms with Crippen molar-refractivity contribution in [1.29, 1.82) is 0 Å². The second kappa shape index (κ2) is 9.91. The molecule has 1 atom stereocenters. The number of hydrogen-bond acceptors (Lipinski definition) is 5. The highest BCUT2D eigenvalue weighted by Crippen LogP contribution is 2.34. The van der Waals surface area contributed by atoms with Gasteiger partial charge in [-0.3, -0.25) is 4.79 Å². The van der Waals surface area contributed by atoms with Gasteiger partial charge in [0.25, 0.3) is 5.91 Å². The van der Waals surface area contributed by atoms with Gasteiger partial charge in [0, 0.05) is 44.8 Å². The van der Waals surface area contributed by atoms with Crippen LogP contribution < -0.4 is 14.5 Å². The third kappa shape index (κ3) is 5.85. The van der Waals surface area contributed by atoms with E-state index in [0.717, 1.165) is 17.8 Å². The molecule has 0 aromatic heterocycles. The Morgan fingerprint density at radius 3 is 2.17 bits per heavy atom. The number of carbonyl (C=O) groups excluding carboxylic acids is 2. The molecule has 2 aliphatic rings. The van der Waals surface area contributed by atoms with Crippen LogP contribution in [0.15, 0.2) is 48.5 Å². The summed E-state index contributed by atoms with van der Waals surface area (Å²) in [6.45, 7) is 7.99. The average Bonchev–Trinajstić information content (AvgIpc) is 3.18. The van der Waals surface area contributed by atoms with Crippen LogP contribution in [0.4, 0.5) is 29.3 Å². The lowest BCUT2D eigenvalue weighted by molar-refractivity contribution is -0.137. The zero-order valence-corrected chi connectivity index (χ0v) is 20.5. The van der Waals surface area contributed by atoms with Gasteiger partial charge in [0.1, 0.15) is 11.4 Å². The van der Waals surface area contributed by atoms with Crippen LogP contribution in [0.5, 0.6) is 5.75 Å². The standard InChI is InChI=1S/C26H30F3N3O4/c1-25(2,3)36-24(34)31-16-14-30(15-17-31)20-6-4-5-7-21(20)35-22-12-13-32(23(22)33)19-10-8-18(9-11-19)26(27,28)29/h4-11,22H,12-17H2,1-3H3. The van der Waals surface area contributed by atoms with Crippen molar-refractivity contribution in [3.63, 3.8) is 0 Å². The predicted octanol–water partition coefficient (Wildman–Crippen LogP) is 4.95. The normalized spacial score (nSPS) is 19.0. The molecule has 0 radical (unpaired) electrons. The van der Waals surface area contributed by atoms with Crippen molar-refractivity contribution in [3.8, 4) is 5.75 Å². The number of para-hydroxylation sites is 2. The summed E-state index contributed by atoms with van der Waals surface area (Å²) in [7, 11) is 0. The van der Waals surface area contributed by atoms with Crippen molar-refractivity contribution in [2.24, 2.45) is 0 Å². The number of carbonyl (C=O) groups is 2. The number of anilines is 2. The molecule has 4 rings (SSSR count). The fraction of sp³-hybridized carbons (Fsp3) is 0.462. The number of hydrogen-bond donors (Lipinski definition) is 0. The van der Waals surface area contributed by atoms with Gasteiger partial charge in [-0.1, -0.05) is 12.1 Å². The molecule has 2 saturated heterocycles. The van der Waals surface area contributed by atoms with E-state index in [1.165, 1.54) is 17.0 Å². The highest BCUT2D eigenvalue weighted by Gasteiger charge is 2.36. The topological polar surface area (TPSA) is 62.3 Å². The molecule has 2 fully saturated rings. The largest absolute Gasteiger partial charge is 0.478 e. The van der Waals surface area contributed by atoms with Gasteiger partial charge < -0.3 is 24.2 Å². The molecule has 36 heavy (non-hydrogen) atoms. The molecule has 0 saturated carbocycles. The van der Waals surface area contributed by atoms with Gasteiger partial charge in [-0.05, 0) is 57.2 Å². The van der Waals surface area contributed by atoms with E-state index in [9.17, 15) is 22.8 Å². The molecule has 0 bridgehead atoms. The van der Waals surface area contributed by atoms with Crippen molar-refractivity contribution in [2.75, 3.05) is 42.5 Å². The third-order valence-corrected chi connectivity index (χ3v) is 6.07. The first-order valence-corrected chi connectivity index (χ1v) is 11.9. The van der Waals surface area contributed by atoms with Gasteiger partial charge in [-0.25, -0.2) is 4.79 Å². The average molecular weight is 506 g/mol. The summed E-state index contributed by atoms with van der Waals surface area (Å²) in [4.78, 5) is 30.6. The van der Waals surface area contributed by atoms with E-state index < -0.39 is 23.4 Å². The summed E-state index contributed by atoms with van der Waals surface area (Å²) in [6.07, 6.45) is -5.09. The van der Waals surface area contributed by atoms with Crippen molar-refractivity contribution >= 4 is 23.4 Å². The molecule has 0 spiro atoms. The van der Waals surface area contributed by atoms with Crippen LogP contribution >= 0.6 is 0 Å². The fourth-order valence-electron chi connectivity index (χ4n) is 4.28. The van der Waals surface area contributed by atoms with Crippen molar-refractivity contribution < 1.29 is 32.2 Å². The summed E-state index contributed by atoms with van der Waals surface area (Å²) < 4.78 is 50.2. The minimum absolute atomic E-state index is 0.292. The molecule has 2 aromatic carbocycles. The van der Waals surface area contributed by atoms with Crippen LogP contribution in [0.1, 0.15) is 32.8 Å². The van der Waals surface area contributed by atoms with Crippen molar-refractivity contribution in [1.82, 2.24) is 4.90 Å². The maximum atomic E-state index is 13.0. The second-order valence-corrected chi connectivity index (χ2v) is 9.85. The predicted molar refractivity (Wildman–Crippen MR) is 129 cm³/mol. The molecular formula is C26H30F3N3O4. The van der Waals surface area contributed by atoms with Crippen LogP contribution in [-0.4, -0.2) is 61.3 Å². The van der Waals surface area contributed by atoms with Gasteiger partial charge >= 0.3 is 12.3 Å². The molecule has 194 valence electrons. The van der Waals surface area contributed by atoms with E-state index in [1.54, 1.807) is 11.0 Å². The van der Waals surface area contributed by atoms with Crippen LogP contribution in [0.25, 0.3) is 0 Å². The van der Waals surface area contributed by atoms with Gasteiger partial charge in [0.15, 0.2) is 6.10 Å². The Balaban J connectivity index is 1.40. The maximum absolute atomic E-state index is 13.0. The zero-order valence-electron chi connectivity index (χ0n) is 20.5. The van der Waals surface area contributed by atoms with E-state index in [2.05, 4.69) is 4.90 Å². The number of ether oxygens (including phenoxy) is 2. The first-order chi connectivity index (χ1) is 16.9. The molecule has 2 amide bonds. The number of piperazine rings is 1. The summed E-state index contributed by atoms with van der Waals surface area (Å²) in [5.41, 5.74) is -0.0874. The molecule has 7 nitrogen and oxygen atoms in total. The number of rotatable bonds is 4. The minimum Gasteiger partial charge on any atom is -0.478 e. The number of alkyl halides is 3. The Morgan fingerprint density at radius 1 is 0.917 bits per heavy atom. The Labute approximate surface area is 208 Å². The smallest absolute Gasteiger partial charge is 0.416 e. The van der Waals surface area contributed by atoms with E-state index >= 15 is 0 Å². The third-order valence-electron chi connectivity index (χ3n) is 6.07. The molecule has 2 aromatic rings. The second-order valence-electron chi connectivity index (χ2n) is 9.85. The van der Waals surface area contributed by atoms with E-state index in [-0.39, 0.29) is 12.0 Å². The number of halogens is 3. The monoisotopic (exact) mass is 505 g/mol. The van der Waals surface area contributed by atoms with Crippen molar-refractivity contribution in [2.45, 2.75) is 45.1 Å². The number of amides is 2. The minimum atomic E-state index is -4.43. The SMILES string of the molecule is CC(C)(C)OC(=O)N1CCN(c2ccccc2OC2CCN(c3ccc(C(F)(F)F)cc3)C2=O)CC1. The van der Waals surface area contributed by atoms with Crippen LogP contribution in [0.3, 0.4) is 0 Å². The molecule has 1 unspecified atom stereocenters. The van der Waals surface area contributed by atoms with Crippen LogP contribution in [-0.2, 0) is 15.7 Å². The fourth-order valence-corrected chi connectivity index (χ4v) is 4.28. The molecule has 10 heteroatoms. The quantitative estimate of drug-likeness (QED) is 0.589. The van der Waals surface area contributed by atoms with Gasteiger partial charge in [-0.15, -0.1) is 0 Å². The molecule has 2 aliphatic heterocycles. The van der Waals surface area contributed by atoms with Crippen LogP contribution in [0, 0.1) is 0 Å². The molecule has 2 heterocycles. The van der Waals surface area contributed by atoms with Crippen molar-refractivity contribution in [3.05, 3.63) is 54.1 Å². The highest BCUT2D eigenvalue weighted by atomic mass is 19.4. The lowest BCUT2D eigenvalue weighted by atomic mass is 10.2. The van der Waals surface area contributed by atoms with Gasteiger partial charge in [0.05, 0.1) is 11.3 Å². The lowest BCUT2D eigenvalue weighted by Gasteiger charge is -2.37. The van der Waals surface area contributed by atoms with E-state index in [4.69, 9.17) is 9.47 Å². The first-order valence-electron chi connectivity index (χ1n) is 11.9. The number of nitrogens with zero attached hydrogens (tertiary/aromatic N) is 3. The maximum Gasteiger partial charge on any atom is 0.416 e. The lowest BCUT2D eigenvalue weighted by Crippen LogP contribution is -2.50. The first kappa shape index (κ1) is 25.7. The van der Waals surface area contributed by atoms with E-state index in [1.807, 2.05) is 39.0 Å². The van der Waals surface area contributed by atoms with Crippen LogP contribution in [0.2, 0.25) is 0 Å². The van der Waals surface area contributed by atoms with Gasteiger partial charge in [-0.2, -0.15) is 13.2 Å². The molecular weight excluding hydrogens is 475 g/mol. The Hall–Kier alpha value is -3.43. The Kier molecular flexibility index (Phi) is 7.06. The van der Waals surface area contributed by atoms with Gasteiger partial charge in [0.2, 0.25) is 0 Å². The summed E-state index contributed by atoms with van der Waals surface area (Å²) >= 11 is 0. The zero-order chi connectivity index (χ0) is 26.1. The molecule has 0 aliphatic carbocycles. The Bertz CT molecular complexity index is 1090. The highest BCUT2D eigenvalue weighted by molar-refractivity contribution is 5.99.